The van der Waals surface area contributed by atoms with E-state index in [9.17, 15) is 23.1 Å². The second-order valence-corrected chi connectivity index (χ2v) is 9.75. The van der Waals surface area contributed by atoms with Crippen molar-refractivity contribution in [2.45, 2.75) is 19.4 Å². The SMILES string of the molecule is CCO[C@@H](Cc1ccc(N(C/C=C/c2ccc(OS(C)(=O)=O)cc2)C(=O)c2ccccc2)cc1)C(=O)[O-].[Mg+2]. The molecule has 8 nitrogen and oxygen atoms in total. The van der Waals surface area contributed by atoms with Crippen molar-refractivity contribution >= 4 is 56.8 Å². The van der Waals surface area contributed by atoms with E-state index in [0.29, 0.717) is 11.3 Å². The third kappa shape index (κ3) is 9.60. The number of carboxylic acid groups (broad SMARTS) is 1. The largest absolute Gasteiger partial charge is 2.00 e. The van der Waals surface area contributed by atoms with Crippen LogP contribution in [-0.4, -0.2) is 68.9 Å². The Balaban J connectivity index is 0.00000507. The monoisotopic (exact) mass is 546 g/mol. The van der Waals surface area contributed by atoms with Crippen LogP contribution in [0.3, 0.4) is 0 Å². The predicted octanol–water partition coefficient (Wildman–Crippen LogP) is 2.70. The molecule has 0 unspecified atom stereocenters. The van der Waals surface area contributed by atoms with Gasteiger partial charge in [-0.15, -0.1) is 0 Å². The quantitative estimate of drug-likeness (QED) is 0.253. The number of anilines is 1. The van der Waals surface area contributed by atoms with Crippen molar-refractivity contribution in [3.05, 3.63) is 102 Å². The Morgan fingerprint density at radius 3 is 2.16 bits per heavy atom. The molecule has 0 bridgehead atoms. The predicted molar refractivity (Wildman–Crippen MR) is 145 cm³/mol. The molecule has 0 saturated carbocycles. The molecule has 3 aromatic rings. The summed E-state index contributed by atoms with van der Waals surface area (Å²) in [5, 5.41) is 11.3. The van der Waals surface area contributed by atoms with Crippen molar-refractivity contribution in [3.8, 4) is 5.75 Å². The number of carboxylic acids is 1. The molecule has 0 heterocycles. The Labute approximate surface area is 239 Å². The molecule has 1 amide bonds. The van der Waals surface area contributed by atoms with E-state index < -0.39 is 22.2 Å². The number of benzene rings is 3. The maximum atomic E-state index is 13.3. The number of nitrogens with zero attached hydrogens (tertiary/aromatic N) is 1. The number of carbonyl (C=O) groups excluding carboxylic acids is 2. The molecule has 0 aliphatic rings. The first kappa shape index (κ1) is 31.0. The van der Waals surface area contributed by atoms with Gasteiger partial charge in [-0.05, 0) is 54.4 Å². The molecule has 0 aromatic heterocycles. The van der Waals surface area contributed by atoms with Gasteiger partial charge in [0.2, 0.25) is 0 Å². The topological polar surface area (TPSA) is 113 Å². The van der Waals surface area contributed by atoms with E-state index in [1.54, 1.807) is 84.6 Å². The molecular formula is C28H28MgNO7S+. The molecule has 0 radical (unpaired) electrons. The van der Waals surface area contributed by atoms with Crippen LogP contribution in [0.1, 0.15) is 28.4 Å². The molecule has 0 fully saturated rings. The fourth-order valence-corrected chi connectivity index (χ4v) is 4.04. The smallest absolute Gasteiger partial charge is 0.547 e. The molecule has 38 heavy (non-hydrogen) atoms. The first-order chi connectivity index (χ1) is 17.7. The van der Waals surface area contributed by atoms with Gasteiger partial charge in [-0.2, -0.15) is 8.42 Å². The number of amides is 1. The summed E-state index contributed by atoms with van der Waals surface area (Å²) >= 11 is 0. The molecule has 0 spiro atoms. The van der Waals surface area contributed by atoms with Gasteiger partial charge in [-0.25, -0.2) is 0 Å². The van der Waals surface area contributed by atoms with E-state index in [-0.39, 0.29) is 54.3 Å². The minimum atomic E-state index is -3.60. The maximum absolute atomic E-state index is 13.3. The van der Waals surface area contributed by atoms with Gasteiger partial charge in [-0.1, -0.05) is 54.6 Å². The van der Waals surface area contributed by atoms with Crippen LogP contribution in [0, 0.1) is 0 Å². The Morgan fingerprint density at radius 2 is 1.61 bits per heavy atom. The fourth-order valence-electron chi connectivity index (χ4n) is 3.58. The van der Waals surface area contributed by atoms with Crippen molar-refractivity contribution < 1.29 is 32.0 Å². The van der Waals surface area contributed by atoms with E-state index in [2.05, 4.69) is 0 Å². The number of aliphatic carboxylic acids is 1. The Morgan fingerprint density at radius 1 is 0.974 bits per heavy atom. The number of ether oxygens (including phenoxy) is 1. The number of hydrogen-bond acceptors (Lipinski definition) is 7. The van der Waals surface area contributed by atoms with Crippen LogP contribution in [0.25, 0.3) is 6.08 Å². The molecule has 0 N–H and O–H groups in total. The van der Waals surface area contributed by atoms with E-state index in [0.717, 1.165) is 17.4 Å². The number of carbonyl (C=O) groups is 2. The molecule has 1 atom stereocenters. The summed E-state index contributed by atoms with van der Waals surface area (Å²) < 4.78 is 32.6. The summed E-state index contributed by atoms with van der Waals surface area (Å²) in [6.07, 6.45) is 3.72. The van der Waals surface area contributed by atoms with Gasteiger partial charge in [-0.3, -0.25) is 4.79 Å². The molecule has 0 saturated heterocycles. The molecule has 0 aliphatic heterocycles. The zero-order valence-electron chi connectivity index (χ0n) is 21.3. The second kappa shape index (κ2) is 14.7. The van der Waals surface area contributed by atoms with Crippen LogP contribution in [-0.2, 0) is 26.1 Å². The minimum Gasteiger partial charge on any atom is -0.547 e. The molecule has 0 aliphatic carbocycles. The zero-order chi connectivity index (χ0) is 26.8. The number of hydrogen-bond donors (Lipinski definition) is 0. The average Bonchev–Trinajstić information content (AvgIpc) is 2.87. The van der Waals surface area contributed by atoms with Crippen LogP contribution in [0.4, 0.5) is 5.69 Å². The van der Waals surface area contributed by atoms with Gasteiger partial charge < -0.3 is 23.7 Å². The van der Waals surface area contributed by atoms with Gasteiger partial charge in [0.05, 0.1) is 12.2 Å². The standard InChI is InChI=1S/C28H29NO7S.Mg/c1-3-35-26(28(31)32)20-22-11-15-24(16-12-22)29(27(30)23-9-5-4-6-10-23)19-7-8-21-13-17-25(18-14-21)36-37(2,33)34;/h4-18,26H,3,19-20H2,1-2H3,(H,31,32);/q;+2/p-1/b8-7+;/t26-;/m0./s1. The van der Waals surface area contributed by atoms with Crippen molar-refractivity contribution in [3.63, 3.8) is 0 Å². The maximum Gasteiger partial charge on any atom is 2.00 e. The first-order valence-electron chi connectivity index (χ1n) is 11.6. The summed E-state index contributed by atoms with van der Waals surface area (Å²) in [7, 11) is -3.60. The average molecular weight is 547 g/mol. The van der Waals surface area contributed by atoms with E-state index in [4.69, 9.17) is 8.92 Å². The molecule has 194 valence electrons. The molecule has 3 rings (SSSR count). The Hall–Kier alpha value is -3.18. The molecule has 3 aromatic carbocycles. The third-order valence-corrected chi connectivity index (χ3v) is 5.79. The Bertz CT molecular complexity index is 1330. The van der Waals surface area contributed by atoms with Crippen LogP contribution in [0.2, 0.25) is 0 Å². The Kier molecular flexibility index (Phi) is 12.0. The minimum absolute atomic E-state index is 0. The van der Waals surface area contributed by atoms with E-state index in [1.165, 1.54) is 0 Å². The van der Waals surface area contributed by atoms with Gasteiger partial charge in [0.1, 0.15) is 11.9 Å². The second-order valence-electron chi connectivity index (χ2n) is 8.17. The third-order valence-electron chi connectivity index (χ3n) is 5.29. The fraction of sp³-hybridized carbons (Fsp3) is 0.214. The summed E-state index contributed by atoms with van der Waals surface area (Å²) in [6.45, 7) is 2.24. The van der Waals surface area contributed by atoms with Crippen LogP contribution >= 0.6 is 0 Å². The van der Waals surface area contributed by atoms with E-state index in [1.807, 2.05) is 18.2 Å². The van der Waals surface area contributed by atoms with E-state index >= 15 is 0 Å². The van der Waals surface area contributed by atoms with Gasteiger partial charge >= 0.3 is 33.2 Å². The van der Waals surface area contributed by atoms with Crippen molar-refractivity contribution in [1.29, 1.82) is 0 Å². The summed E-state index contributed by atoms with van der Waals surface area (Å²) in [6, 6.07) is 22.5. The van der Waals surface area contributed by atoms with Crippen LogP contribution in [0.15, 0.2) is 84.9 Å². The van der Waals surface area contributed by atoms with Crippen molar-refractivity contribution in [2.24, 2.45) is 0 Å². The number of rotatable bonds is 12. The van der Waals surface area contributed by atoms with Gasteiger partial charge in [0.25, 0.3) is 5.91 Å². The molecular weight excluding hydrogens is 519 g/mol. The van der Waals surface area contributed by atoms with Crippen molar-refractivity contribution in [1.82, 2.24) is 0 Å². The summed E-state index contributed by atoms with van der Waals surface area (Å²) in [5.41, 5.74) is 2.70. The summed E-state index contributed by atoms with van der Waals surface area (Å²) in [5.74, 6) is -1.25. The van der Waals surface area contributed by atoms with Crippen LogP contribution in [0.5, 0.6) is 5.75 Å². The zero-order valence-corrected chi connectivity index (χ0v) is 23.5. The summed E-state index contributed by atoms with van der Waals surface area (Å²) in [4.78, 5) is 26.2. The van der Waals surface area contributed by atoms with Gasteiger partial charge in [0.15, 0.2) is 0 Å². The van der Waals surface area contributed by atoms with Gasteiger partial charge in [0, 0.05) is 30.8 Å². The first-order valence-corrected chi connectivity index (χ1v) is 13.4. The van der Waals surface area contributed by atoms with Crippen LogP contribution < -0.4 is 14.2 Å². The van der Waals surface area contributed by atoms with Crippen molar-refractivity contribution in [2.75, 3.05) is 24.3 Å². The normalized spacial score (nSPS) is 11.9. The molecule has 10 heteroatoms.